The summed E-state index contributed by atoms with van der Waals surface area (Å²) in [7, 11) is 1.22. The average Bonchev–Trinajstić information content (AvgIpc) is 3.78. The number of piperazine rings is 1. The summed E-state index contributed by atoms with van der Waals surface area (Å²) in [5.74, 6) is -1.76. The molecule has 0 N–H and O–H groups in total. The van der Waals surface area contributed by atoms with Crippen LogP contribution in [-0.4, -0.2) is 99.0 Å². The van der Waals surface area contributed by atoms with Gasteiger partial charge in [-0.1, -0.05) is 52.3 Å². The van der Waals surface area contributed by atoms with Crippen LogP contribution in [0.4, 0.5) is 19.4 Å². The van der Waals surface area contributed by atoms with Crippen LogP contribution in [0.15, 0.2) is 89.8 Å². The number of aromatic nitrogens is 4. The van der Waals surface area contributed by atoms with Crippen LogP contribution in [0.5, 0.6) is 5.75 Å². The standard InChI is InChI=1S/C36H32BrF2N7O6/c1-50-35(48)31-19-43(36(49)51-20-22-6-3-2-4-7-22)12-13-44(31)34(47)30-16-26(52-25-9-5-8-23(37)14-25)18-45(30)32-27-17-42-46(33(27)41-21-40-32)29-11-10-24(38)15-28(29)39/h2-11,14-15,17,21,26,30-31H,12-13,16,18-20H2,1H3/t26-,30-,31-/m0/s1. The van der Waals surface area contributed by atoms with Gasteiger partial charge in [0, 0.05) is 30.0 Å². The predicted octanol–water partition coefficient (Wildman–Crippen LogP) is 4.91. The van der Waals surface area contributed by atoms with Gasteiger partial charge in [0.2, 0.25) is 5.91 Å². The largest absolute Gasteiger partial charge is 0.488 e. The van der Waals surface area contributed by atoms with E-state index in [0.717, 1.165) is 22.2 Å². The van der Waals surface area contributed by atoms with Gasteiger partial charge in [-0.25, -0.2) is 33.0 Å². The fourth-order valence-corrected chi connectivity index (χ4v) is 6.90. The summed E-state index contributed by atoms with van der Waals surface area (Å²) in [6.45, 7) is 0.271. The first-order valence-electron chi connectivity index (χ1n) is 16.4. The Morgan fingerprint density at radius 3 is 2.54 bits per heavy atom. The SMILES string of the molecule is COC(=O)[C@@H]1CN(C(=O)OCc2ccccc2)CCN1C(=O)[C@@H]1C[C@H](Oc2cccc(Br)c2)CN1c1ncnc2c1cnn2-c1ccc(F)cc1F. The molecule has 2 aliphatic rings. The number of rotatable bonds is 8. The molecule has 2 aliphatic heterocycles. The maximum atomic E-state index is 14.8. The van der Waals surface area contributed by atoms with E-state index in [0.29, 0.717) is 17.0 Å². The maximum absolute atomic E-state index is 14.8. The van der Waals surface area contributed by atoms with Gasteiger partial charge in [0.25, 0.3) is 0 Å². The summed E-state index contributed by atoms with van der Waals surface area (Å²) >= 11 is 3.46. The molecule has 0 radical (unpaired) electrons. The summed E-state index contributed by atoms with van der Waals surface area (Å²) < 4.78 is 47.5. The van der Waals surface area contributed by atoms with Crippen molar-refractivity contribution in [3.8, 4) is 11.4 Å². The molecule has 0 aliphatic carbocycles. The number of hydrogen-bond acceptors (Lipinski definition) is 10. The zero-order valence-corrected chi connectivity index (χ0v) is 29.4. The van der Waals surface area contributed by atoms with Crippen LogP contribution in [0.3, 0.4) is 0 Å². The van der Waals surface area contributed by atoms with Gasteiger partial charge in [-0.2, -0.15) is 5.10 Å². The Kier molecular flexibility index (Phi) is 9.98. The highest BCUT2D eigenvalue weighted by molar-refractivity contribution is 9.10. The van der Waals surface area contributed by atoms with E-state index in [1.807, 2.05) is 48.5 Å². The second-order valence-electron chi connectivity index (χ2n) is 12.2. The highest BCUT2D eigenvalue weighted by Crippen LogP contribution is 2.34. The minimum absolute atomic E-state index is 0.0213. The number of fused-ring (bicyclic) bond motifs is 1. The molecule has 0 spiro atoms. The quantitative estimate of drug-likeness (QED) is 0.201. The topological polar surface area (TPSA) is 132 Å². The zero-order valence-electron chi connectivity index (χ0n) is 27.8. The van der Waals surface area contributed by atoms with Gasteiger partial charge in [-0.05, 0) is 35.9 Å². The minimum Gasteiger partial charge on any atom is -0.488 e. The second-order valence-corrected chi connectivity index (χ2v) is 13.2. The first-order valence-corrected chi connectivity index (χ1v) is 17.2. The van der Waals surface area contributed by atoms with Crippen molar-refractivity contribution in [2.75, 3.05) is 38.2 Å². The molecule has 2 amide bonds. The monoisotopic (exact) mass is 775 g/mol. The average molecular weight is 777 g/mol. The molecule has 4 heterocycles. The molecule has 16 heteroatoms. The van der Waals surface area contributed by atoms with Crippen LogP contribution >= 0.6 is 15.9 Å². The maximum Gasteiger partial charge on any atom is 0.410 e. The number of halogens is 3. The summed E-state index contributed by atoms with van der Waals surface area (Å²) in [6.07, 6.45) is 1.83. The van der Waals surface area contributed by atoms with Gasteiger partial charge in [-0.15, -0.1) is 0 Å². The number of carbonyl (C=O) groups excluding carboxylic acids is 3. The first kappa shape index (κ1) is 34.8. The number of ether oxygens (including phenoxy) is 3. The van der Waals surface area contributed by atoms with Crippen molar-refractivity contribution >= 4 is 50.8 Å². The molecule has 2 fully saturated rings. The first-order chi connectivity index (χ1) is 25.2. The molecular weight excluding hydrogens is 744 g/mol. The van der Waals surface area contributed by atoms with Gasteiger partial charge in [0.15, 0.2) is 11.5 Å². The van der Waals surface area contributed by atoms with Crippen LogP contribution in [-0.2, 0) is 25.7 Å². The van der Waals surface area contributed by atoms with E-state index in [2.05, 4.69) is 31.0 Å². The van der Waals surface area contributed by atoms with Crippen molar-refractivity contribution in [2.24, 2.45) is 0 Å². The number of esters is 1. The Bertz CT molecular complexity index is 2120. The van der Waals surface area contributed by atoms with Crippen LogP contribution in [0.1, 0.15) is 12.0 Å². The highest BCUT2D eigenvalue weighted by atomic mass is 79.9. The number of methoxy groups -OCH3 is 1. The summed E-state index contributed by atoms with van der Waals surface area (Å²) in [5.41, 5.74) is 1.02. The Balaban J connectivity index is 1.18. The molecule has 2 aromatic heterocycles. The van der Waals surface area contributed by atoms with Crippen molar-refractivity contribution in [1.29, 1.82) is 0 Å². The fraction of sp³-hybridized carbons (Fsp3) is 0.278. The molecule has 3 aromatic carbocycles. The molecule has 52 heavy (non-hydrogen) atoms. The van der Waals surface area contributed by atoms with Crippen molar-refractivity contribution in [2.45, 2.75) is 31.2 Å². The van der Waals surface area contributed by atoms with Crippen molar-refractivity contribution < 1.29 is 37.4 Å². The summed E-state index contributed by atoms with van der Waals surface area (Å²) in [4.78, 5) is 54.3. The zero-order chi connectivity index (χ0) is 36.4. The van der Waals surface area contributed by atoms with Crippen molar-refractivity contribution in [3.63, 3.8) is 0 Å². The van der Waals surface area contributed by atoms with Crippen molar-refractivity contribution in [3.05, 3.63) is 107 Å². The van der Waals surface area contributed by atoms with Gasteiger partial charge in [0.05, 0.1) is 31.8 Å². The van der Waals surface area contributed by atoms with E-state index in [4.69, 9.17) is 14.2 Å². The molecule has 0 saturated carbocycles. The lowest BCUT2D eigenvalue weighted by Crippen LogP contribution is -2.62. The molecule has 3 atom stereocenters. The third kappa shape index (κ3) is 7.10. The summed E-state index contributed by atoms with van der Waals surface area (Å²) in [5, 5.41) is 4.74. The van der Waals surface area contributed by atoms with Crippen LogP contribution in [0, 0.1) is 11.6 Å². The minimum atomic E-state index is -1.11. The Morgan fingerprint density at radius 1 is 0.942 bits per heavy atom. The van der Waals surface area contributed by atoms with Gasteiger partial charge < -0.3 is 28.9 Å². The highest BCUT2D eigenvalue weighted by Gasteiger charge is 2.46. The Hall–Kier alpha value is -5.64. The molecule has 2 saturated heterocycles. The predicted molar refractivity (Wildman–Crippen MR) is 187 cm³/mol. The second kappa shape index (κ2) is 14.9. The van der Waals surface area contributed by atoms with E-state index in [-0.39, 0.29) is 50.5 Å². The lowest BCUT2D eigenvalue weighted by Gasteiger charge is -2.41. The molecule has 5 aromatic rings. The molecule has 0 bridgehead atoms. The number of nitrogens with zero attached hydrogens (tertiary/aromatic N) is 7. The normalized spacial score (nSPS) is 18.8. The molecule has 7 rings (SSSR count). The number of carbonyl (C=O) groups is 3. The van der Waals surface area contributed by atoms with Crippen LogP contribution < -0.4 is 9.64 Å². The third-order valence-corrected chi connectivity index (χ3v) is 9.49. The van der Waals surface area contributed by atoms with E-state index < -0.39 is 47.8 Å². The lowest BCUT2D eigenvalue weighted by atomic mass is 10.1. The molecule has 0 unspecified atom stereocenters. The van der Waals surface area contributed by atoms with E-state index in [9.17, 15) is 23.2 Å². The molecular formula is C36H32BrF2N7O6. The Morgan fingerprint density at radius 2 is 1.77 bits per heavy atom. The third-order valence-electron chi connectivity index (χ3n) is 9.00. The number of benzene rings is 3. The van der Waals surface area contributed by atoms with E-state index >= 15 is 0 Å². The van der Waals surface area contributed by atoms with Gasteiger partial charge in [0.1, 0.15) is 54.2 Å². The number of amides is 2. The van der Waals surface area contributed by atoms with Gasteiger partial charge in [-0.3, -0.25) is 4.79 Å². The summed E-state index contributed by atoms with van der Waals surface area (Å²) in [6, 6.07) is 17.6. The number of anilines is 1. The van der Waals surface area contributed by atoms with Crippen molar-refractivity contribution in [1.82, 2.24) is 29.5 Å². The van der Waals surface area contributed by atoms with Crippen LogP contribution in [0.2, 0.25) is 0 Å². The molecule has 13 nitrogen and oxygen atoms in total. The van der Waals surface area contributed by atoms with Gasteiger partial charge >= 0.3 is 12.1 Å². The number of hydrogen-bond donors (Lipinski definition) is 0. The van der Waals surface area contributed by atoms with E-state index in [1.54, 1.807) is 11.0 Å². The molecule has 268 valence electrons. The van der Waals surface area contributed by atoms with E-state index in [1.165, 1.54) is 40.2 Å². The smallest absolute Gasteiger partial charge is 0.410 e. The Labute approximate surface area is 304 Å². The van der Waals surface area contributed by atoms with Crippen LogP contribution in [0.25, 0.3) is 16.7 Å². The fourth-order valence-electron chi connectivity index (χ4n) is 6.53. The lowest BCUT2D eigenvalue weighted by molar-refractivity contribution is -0.156.